The Balaban J connectivity index is 2.15. The molecule has 0 spiro atoms. The van der Waals surface area contributed by atoms with Gasteiger partial charge in [0.1, 0.15) is 6.04 Å². The maximum atomic E-state index is 11.8. The number of hydrogen-bond donors (Lipinski definition) is 1. The summed E-state index contributed by atoms with van der Waals surface area (Å²) in [5, 5.41) is 4.84. The molecule has 2 unspecified atom stereocenters. The molecule has 15 heavy (non-hydrogen) atoms. The molecule has 6 heteroatoms. The van der Waals surface area contributed by atoms with Gasteiger partial charge in [0.25, 0.3) is 5.91 Å². The lowest BCUT2D eigenvalue weighted by Crippen LogP contribution is -2.44. The average molecular weight is 244 g/mol. The van der Waals surface area contributed by atoms with Gasteiger partial charge < -0.3 is 10.2 Å². The van der Waals surface area contributed by atoms with Crippen LogP contribution in [-0.4, -0.2) is 35.1 Å². The molecule has 2 heterocycles. The number of nitrogens with zero attached hydrogens (tertiary/aromatic N) is 1. The third kappa shape index (κ3) is 1.76. The molecular formula is C9H12N2O2S2. The molecule has 0 aromatic carbocycles. The summed E-state index contributed by atoms with van der Waals surface area (Å²) >= 11 is 0. The van der Waals surface area contributed by atoms with Crippen molar-refractivity contribution >= 4 is 33.4 Å². The van der Waals surface area contributed by atoms with Gasteiger partial charge in [-0.05, 0) is 0 Å². The topological polar surface area (TPSA) is 49.4 Å². The fourth-order valence-electron chi connectivity index (χ4n) is 1.63. The van der Waals surface area contributed by atoms with E-state index in [9.17, 15) is 9.59 Å². The Kier molecular flexibility index (Phi) is 2.97. The molecule has 0 aliphatic carbocycles. The Labute approximate surface area is 96.2 Å². The van der Waals surface area contributed by atoms with Gasteiger partial charge in [0, 0.05) is 24.6 Å². The molecule has 1 N–H and O–H groups in total. The lowest BCUT2D eigenvalue weighted by molar-refractivity contribution is -0.131. The van der Waals surface area contributed by atoms with Crippen molar-refractivity contribution in [2.24, 2.45) is 0 Å². The zero-order chi connectivity index (χ0) is 11.0. The SMILES string of the molecule is CCC(=O)NC1C(=O)N(C)C2=CSSC21. The van der Waals surface area contributed by atoms with Gasteiger partial charge >= 0.3 is 0 Å². The molecule has 0 radical (unpaired) electrons. The van der Waals surface area contributed by atoms with Crippen LogP contribution in [0.15, 0.2) is 11.1 Å². The molecule has 0 saturated carbocycles. The van der Waals surface area contributed by atoms with Crippen molar-refractivity contribution in [3.05, 3.63) is 11.1 Å². The summed E-state index contributed by atoms with van der Waals surface area (Å²) in [7, 11) is 5.00. The minimum atomic E-state index is -0.381. The molecule has 1 fully saturated rings. The van der Waals surface area contributed by atoms with E-state index < -0.39 is 0 Å². The summed E-state index contributed by atoms with van der Waals surface area (Å²) in [6.45, 7) is 1.78. The highest BCUT2D eigenvalue weighted by Gasteiger charge is 2.46. The quantitative estimate of drug-likeness (QED) is 0.735. The van der Waals surface area contributed by atoms with Crippen LogP contribution in [-0.2, 0) is 9.59 Å². The van der Waals surface area contributed by atoms with Gasteiger partial charge in [0.15, 0.2) is 0 Å². The Morgan fingerprint density at radius 2 is 2.40 bits per heavy atom. The van der Waals surface area contributed by atoms with E-state index in [2.05, 4.69) is 5.32 Å². The van der Waals surface area contributed by atoms with E-state index in [1.54, 1.807) is 40.5 Å². The molecule has 2 amide bonds. The zero-order valence-corrected chi connectivity index (χ0v) is 10.2. The molecule has 2 aliphatic rings. The minimum Gasteiger partial charge on any atom is -0.343 e. The van der Waals surface area contributed by atoms with E-state index in [4.69, 9.17) is 0 Å². The van der Waals surface area contributed by atoms with E-state index in [1.807, 2.05) is 5.41 Å². The van der Waals surface area contributed by atoms with E-state index in [0.29, 0.717) is 6.42 Å². The number of carbonyl (C=O) groups is 2. The number of hydrogen-bond acceptors (Lipinski definition) is 4. The summed E-state index contributed by atoms with van der Waals surface area (Å²) < 4.78 is 0. The van der Waals surface area contributed by atoms with Crippen LogP contribution in [0.2, 0.25) is 0 Å². The van der Waals surface area contributed by atoms with Crippen LogP contribution < -0.4 is 5.32 Å². The van der Waals surface area contributed by atoms with Crippen LogP contribution >= 0.6 is 21.6 Å². The van der Waals surface area contributed by atoms with Crippen molar-refractivity contribution in [1.29, 1.82) is 0 Å². The first kappa shape index (κ1) is 10.9. The number of fused-ring (bicyclic) bond motifs is 1. The van der Waals surface area contributed by atoms with Gasteiger partial charge in [-0.2, -0.15) is 0 Å². The van der Waals surface area contributed by atoms with Crippen molar-refractivity contribution < 1.29 is 9.59 Å². The predicted octanol–water partition coefficient (Wildman–Crippen LogP) is 0.958. The van der Waals surface area contributed by atoms with Crippen LogP contribution in [0.4, 0.5) is 0 Å². The van der Waals surface area contributed by atoms with Crippen molar-refractivity contribution in [3.8, 4) is 0 Å². The van der Waals surface area contributed by atoms with Crippen LogP contribution in [0, 0.1) is 0 Å². The summed E-state index contributed by atoms with van der Waals surface area (Å²) in [6.07, 6.45) is 0.414. The van der Waals surface area contributed by atoms with Crippen molar-refractivity contribution in [3.63, 3.8) is 0 Å². The smallest absolute Gasteiger partial charge is 0.250 e. The average Bonchev–Trinajstić information content (AvgIpc) is 2.78. The van der Waals surface area contributed by atoms with Gasteiger partial charge in [-0.1, -0.05) is 28.5 Å². The van der Waals surface area contributed by atoms with E-state index in [0.717, 1.165) is 5.70 Å². The van der Waals surface area contributed by atoms with E-state index in [-0.39, 0.29) is 23.1 Å². The first-order valence-electron chi connectivity index (χ1n) is 4.74. The van der Waals surface area contributed by atoms with Crippen LogP contribution in [0.1, 0.15) is 13.3 Å². The van der Waals surface area contributed by atoms with Crippen LogP contribution in [0.25, 0.3) is 0 Å². The van der Waals surface area contributed by atoms with Gasteiger partial charge in [-0.25, -0.2) is 0 Å². The summed E-state index contributed by atoms with van der Waals surface area (Å²) in [6, 6.07) is -0.381. The van der Waals surface area contributed by atoms with Gasteiger partial charge in [-0.3, -0.25) is 9.59 Å². The zero-order valence-electron chi connectivity index (χ0n) is 8.52. The van der Waals surface area contributed by atoms with Gasteiger partial charge in [0.2, 0.25) is 5.91 Å². The second-order valence-corrected chi connectivity index (χ2v) is 5.73. The molecule has 0 bridgehead atoms. The summed E-state index contributed by atoms with van der Waals surface area (Å²) in [5.74, 6) is -0.0821. The fraction of sp³-hybridized carbons (Fsp3) is 0.556. The molecule has 2 rings (SSSR count). The lowest BCUT2D eigenvalue weighted by atomic mass is 10.2. The molecule has 0 aromatic rings. The number of carbonyl (C=O) groups excluding carboxylic acids is 2. The van der Waals surface area contributed by atoms with Gasteiger partial charge in [0.05, 0.1) is 5.25 Å². The standard InChI is InChI=1S/C9H12N2O2S2/c1-3-6(12)10-7-8-5(4-14-15-8)11(2)9(7)13/h4,7-8H,3H2,1-2H3,(H,10,12). The molecule has 4 nitrogen and oxygen atoms in total. The van der Waals surface area contributed by atoms with E-state index in [1.165, 1.54) is 0 Å². The predicted molar refractivity (Wildman–Crippen MR) is 62.0 cm³/mol. The monoisotopic (exact) mass is 244 g/mol. The highest BCUT2D eigenvalue weighted by Crippen LogP contribution is 2.46. The van der Waals surface area contributed by atoms with Gasteiger partial charge in [-0.15, -0.1) is 0 Å². The number of likely N-dealkylation sites (N-methyl/N-ethyl adjacent to an activating group) is 1. The number of likely N-dealkylation sites (tertiary alicyclic amines) is 1. The lowest BCUT2D eigenvalue weighted by Gasteiger charge is -2.14. The third-order valence-electron chi connectivity index (χ3n) is 2.54. The molecule has 2 aliphatic heterocycles. The summed E-state index contributed by atoms with van der Waals surface area (Å²) in [5.41, 5.74) is 1.01. The first-order valence-corrected chi connectivity index (χ1v) is 7.02. The largest absolute Gasteiger partial charge is 0.343 e. The van der Waals surface area contributed by atoms with Crippen molar-refractivity contribution in [2.45, 2.75) is 24.6 Å². The first-order chi connectivity index (χ1) is 7.15. The van der Waals surface area contributed by atoms with Crippen molar-refractivity contribution in [1.82, 2.24) is 10.2 Å². The maximum Gasteiger partial charge on any atom is 0.250 e. The Bertz CT molecular complexity index is 343. The highest BCUT2D eigenvalue weighted by molar-refractivity contribution is 8.78. The second kappa shape index (κ2) is 4.09. The summed E-state index contributed by atoms with van der Waals surface area (Å²) in [4.78, 5) is 24.7. The molecule has 0 aromatic heterocycles. The maximum absolute atomic E-state index is 11.8. The molecule has 2 atom stereocenters. The normalized spacial score (nSPS) is 29.1. The fourth-order valence-corrected chi connectivity index (χ4v) is 4.36. The molecule has 1 saturated heterocycles. The number of nitrogens with one attached hydrogen (secondary N) is 1. The number of rotatable bonds is 2. The Hall–Kier alpha value is -0.620. The third-order valence-corrected chi connectivity index (χ3v) is 4.96. The molecular weight excluding hydrogens is 232 g/mol. The Morgan fingerprint density at radius 3 is 3.07 bits per heavy atom. The van der Waals surface area contributed by atoms with Crippen molar-refractivity contribution in [2.75, 3.05) is 7.05 Å². The number of amides is 2. The molecule has 82 valence electrons. The highest BCUT2D eigenvalue weighted by atomic mass is 33.1. The van der Waals surface area contributed by atoms with E-state index >= 15 is 0 Å². The van der Waals surface area contributed by atoms with Crippen LogP contribution in [0.5, 0.6) is 0 Å². The second-order valence-electron chi connectivity index (χ2n) is 3.45. The minimum absolute atomic E-state index is 0.0131. The van der Waals surface area contributed by atoms with Crippen LogP contribution in [0.3, 0.4) is 0 Å². The Morgan fingerprint density at radius 1 is 1.67 bits per heavy atom.